The topological polar surface area (TPSA) is 55.1 Å². The first-order valence-electron chi connectivity index (χ1n) is 4.31. The van der Waals surface area contributed by atoms with Gasteiger partial charge < -0.3 is 11.1 Å². The van der Waals surface area contributed by atoms with E-state index in [1.54, 1.807) is 6.08 Å². The summed E-state index contributed by atoms with van der Waals surface area (Å²) in [6, 6.07) is 0.188. The minimum atomic E-state index is 0.0785. The highest BCUT2D eigenvalue weighted by atomic mass is 16.1. The summed E-state index contributed by atoms with van der Waals surface area (Å²) in [6.07, 6.45) is 3.90. The smallest absolute Gasteiger partial charge is 0.220 e. The van der Waals surface area contributed by atoms with Crippen LogP contribution in [0.25, 0.3) is 0 Å². The predicted molar refractivity (Wildman–Crippen MR) is 50.7 cm³/mol. The molecule has 3 N–H and O–H groups in total. The summed E-state index contributed by atoms with van der Waals surface area (Å²) in [7, 11) is 0. The lowest BCUT2D eigenvalue weighted by molar-refractivity contribution is -0.121. The average Bonchev–Trinajstić information content (AvgIpc) is 2.01. The number of rotatable bonds is 6. The summed E-state index contributed by atoms with van der Waals surface area (Å²) in [5.74, 6) is 0.0785. The normalized spacial score (nSPS) is 12.2. The number of carbonyl (C=O) groups is 1. The van der Waals surface area contributed by atoms with Gasteiger partial charge in [0.15, 0.2) is 0 Å². The van der Waals surface area contributed by atoms with Crippen molar-refractivity contribution in [2.45, 2.75) is 32.2 Å². The van der Waals surface area contributed by atoms with Crippen LogP contribution in [0.15, 0.2) is 12.7 Å². The number of amides is 1. The van der Waals surface area contributed by atoms with E-state index in [0.29, 0.717) is 13.0 Å². The van der Waals surface area contributed by atoms with Crippen LogP contribution in [-0.4, -0.2) is 18.5 Å². The zero-order valence-electron chi connectivity index (χ0n) is 7.68. The second-order valence-corrected chi connectivity index (χ2v) is 2.89. The van der Waals surface area contributed by atoms with E-state index >= 15 is 0 Å². The van der Waals surface area contributed by atoms with Crippen LogP contribution in [0.2, 0.25) is 0 Å². The van der Waals surface area contributed by atoms with Gasteiger partial charge in [0.25, 0.3) is 0 Å². The fourth-order valence-corrected chi connectivity index (χ4v) is 0.919. The Bertz CT molecular complexity index is 145. The van der Waals surface area contributed by atoms with Crippen molar-refractivity contribution in [2.24, 2.45) is 5.73 Å². The molecule has 0 rings (SSSR count). The molecule has 0 saturated carbocycles. The standard InChI is InChI=1S/C9H18N2O/c1-3-5-8(2)11-9(12)6-4-7-10/h3,8H,1,4-7,10H2,2H3,(H,11,12). The largest absolute Gasteiger partial charge is 0.353 e. The lowest BCUT2D eigenvalue weighted by Gasteiger charge is -2.10. The Morgan fingerprint density at radius 2 is 2.42 bits per heavy atom. The Labute approximate surface area is 74.0 Å². The predicted octanol–water partition coefficient (Wildman–Crippen LogP) is 0.806. The number of nitrogens with one attached hydrogen (secondary N) is 1. The Morgan fingerprint density at radius 3 is 2.92 bits per heavy atom. The molecule has 0 aromatic rings. The Hall–Kier alpha value is -0.830. The van der Waals surface area contributed by atoms with Crippen LogP contribution in [0.1, 0.15) is 26.2 Å². The maximum Gasteiger partial charge on any atom is 0.220 e. The number of carbonyl (C=O) groups excluding carboxylic acids is 1. The van der Waals surface area contributed by atoms with Gasteiger partial charge in [-0.15, -0.1) is 6.58 Å². The fourth-order valence-electron chi connectivity index (χ4n) is 0.919. The van der Waals surface area contributed by atoms with Crippen molar-refractivity contribution < 1.29 is 4.79 Å². The van der Waals surface area contributed by atoms with Crippen molar-refractivity contribution in [1.29, 1.82) is 0 Å². The molecule has 1 unspecified atom stereocenters. The second kappa shape index (κ2) is 6.85. The summed E-state index contributed by atoms with van der Waals surface area (Å²) in [5.41, 5.74) is 5.27. The first-order chi connectivity index (χ1) is 5.70. The van der Waals surface area contributed by atoms with Gasteiger partial charge in [-0.05, 0) is 26.3 Å². The lowest BCUT2D eigenvalue weighted by atomic mass is 10.2. The van der Waals surface area contributed by atoms with E-state index in [9.17, 15) is 4.79 Å². The minimum absolute atomic E-state index is 0.0785. The van der Waals surface area contributed by atoms with Crippen LogP contribution < -0.4 is 11.1 Å². The van der Waals surface area contributed by atoms with E-state index in [4.69, 9.17) is 5.73 Å². The lowest BCUT2D eigenvalue weighted by Crippen LogP contribution is -2.32. The number of hydrogen-bond acceptors (Lipinski definition) is 2. The van der Waals surface area contributed by atoms with Crippen molar-refractivity contribution in [3.05, 3.63) is 12.7 Å². The summed E-state index contributed by atoms with van der Waals surface area (Å²) in [5, 5.41) is 2.85. The van der Waals surface area contributed by atoms with Gasteiger partial charge >= 0.3 is 0 Å². The zero-order valence-corrected chi connectivity index (χ0v) is 7.68. The van der Waals surface area contributed by atoms with Crippen molar-refractivity contribution >= 4 is 5.91 Å². The highest BCUT2D eigenvalue weighted by molar-refractivity contribution is 5.76. The van der Waals surface area contributed by atoms with Gasteiger partial charge in [-0.1, -0.05) is 6.08 Å². The van der Waals surface area contributed by atoms with Crippen molar-refractivity contribution in [1.82, 2.24) is 5.32 Å². The van der Waals surface area contributed by atoms with Crippen molar-refractivity contribution in [2.75, 3.05) is 6.54 Å². The van der Waals surface area contributed by atoms with Crippen LogP contribution in [0.3, 0.4) is 0 Å². The highest BCUT2D eigenvalue weighted by Gasteiger charge is 2.03. The molecule has 0 aliphatic heterocycles. The molecule has 70 valence electrons. The van der Waals surface area contributed by atoms with Gasteiger partial charge in [0.1, 0.15) is 0 Å². The number of hydrogen-bond donors (Lipinski definition) is 2. The Kier molecular flexibility index (Phi) is 6.38. The van der Waals surface area contributed by atoms with E-state index in [1.807, 2.05) is 6.92 Å². The Morgan fingerprint density at radius 1 is 1.75 bits per heavy atom. The van der Waals surface area contributed by atoms with Crippen molar-refractivity contribution in [3.8, 4) is 0 Å². The van der Waals surface area contributed by atoms with Crippen LogP contribution >= 0.6 is 0 Å². The quantitative estimate of drug-likeness (QED) is 0.579. The monoisotopic (exact) mass is 170 g/mol. The molecule has 0 saturated heterocycles. The summed E-state index contributed by atoms with van der Waals surface area (Å²) in [6.45, 7) is 6.13. The van der Waals surface area contributed by atoms with Gasteiger partial charge in [0, 0.05) is 12.5 Å². The van der Waals surface area contributed by atoms with E-state index < -0.39 is 0 Å². The molecule has 1 amide bonds. The molecule has 0 heterocycles. The van der Waals surface area contributed by atoms with E-state index in [1.165, 1.54) is 0 Å². The van der Waals surface area contributed by atoms with Crippen molar-refractivity contribution in [3.63, 3.8) is 0 Å². The first-order valence-corrected chi connectivity index (χ1v) is 4.31. The third kappa shape index (κ3) is 5.92. The summed E-state index contributed by atoms with van der Waals surface area (Å²) < 4.78 is 0. The molecule has 0 spiro atoms. The van der Waals surface area contributed by atoms with Crippen LogP contribution in [-0.2, 0) is 4.79 Å². The summed E-state index contributed by atoms with van der Waals surface area (Å²) >= 11 is 0. The SMILES string of the molecule is C=CCC(C)NC(=O)CCCN. The molecule has 0 fully saturated rings. The van der Waals surface area contributed by atoms with Crippen LogP contribution in [0.5, 0.6) is 0 Å². The highest BCUT2D eigenvalue weighted by Crippen LogP contribution is 1.93. The van der Waals surface area contributed by atoms with E-state index in [0.717, 1.165) is 12.8 Å². The molecule has 0 bridgehead atoms. The van der Waals surface area contributed by atoms with Gasteiger partial charge in [0.2, 0.25) is 5.91 Å². The third-order valence-electron chi connectivity index (χ3n) is 1.54. The Balaban J connectivity index is 3.46. The van der Waals surface area contributed by atoms with Gasteiger partial charge in [0.05, 0.1) is 0 Å². The van der Waals surface area contributed by atoms with Gasteiger partial charge in [-0.3, -0.25) is 4.79 Å². The summed E-state index contributed by atoms with van der Waals surface area (Å²) in [4.78, 5) is 11.1. The average molecular weight is 170 g/mol. The number of nitrogens with two attached hydrogens (primary N) is 1. The molecule has 3 heteroatoms. The molecule has 0 aliphatic carbocycles. The third-order valence-corrected chi connectivity index (χ3v) is 1.54. The van der Waals surface area contributed by atoms with E-state index in [2.05, 4.69) is 11.9 Å². The molecular formula is C9H18N2O. The van der Waals surface area contributed by atoms with Crippen LogP contribution in [0.4, 0.5) is 0 Å². The van der Waals surface area contributed by atoms with Crippen LogP contribution in [0, 0.1) is 0 Å². The first kappa shape index (κ1) is 11.2. The maximum atomic E-state index is 11.1. The minimum Gasteiger partial charge on any atom is -0.353 e. The second-order valence-electron chi connectivity index (χ2n) is 2.89. The van der Waals surface area contributed by atoms with Gasteiger partial charge in [-0.25, -0.2) is 0 Å². The molecular weight excluding hydrogens is 152 g/mol. The fraction of sp³-hybridized carbons (Fsp3) is 0.667. The molecule has 1 atom stereocenters. The molecule has 3 nitrogen and oxygen atoms in total. The zero-order chi connectivity index (χ0) is 9.40. The molecule has 0 aromatic carbocycles. The molecule has 0 radical (unpaired) electrons. The molecule has 12 heavy (non-hydrogen) atoms. The maximum absolute atomic E-state index is 11.1. The molecule has 0 aliphatic rings. The molecule has 0 aromatic heterocycles. The van der Waals surface area contributed by atoms with E-state index in [-0.39, 0.29) is 11.9 Å². The van der Waals surface area contributed by atoms with Gasteiger partial charge in [-0.2, -0.15) is 0 Å².